The van der Waals surface area contributed by atoms with Crippen molar-refractivity contribution in [2.45, 2.75) is 25.7 Å². The van der Waals surface area contributed by atoms with E-state index in [1.807, 2.05) is 18.2 Å². The Bertz CT molecular complexity index is 968. The van der Waals surface area contributed by atoms with Crippen molar-refractivity contribution in [2.24, 2.45) is 5.10 Å². The minimum atomic E-state index is 0.674. The van der Waals surface area contributed by atoms with Crippen molar-refractivity contribution in [3.8, 4) is 11.5 Å². The number of aromatic nitrogens is 2. The van der Waals surface area contributed by atoms with Crippen molar-refractivity contribution in [2.75, 3.05) is 19.6 Å². The summed E-state index contributed by atoms with van der Waals surface area (Å²) in [6.07, 6.45) is 8.06. The fourth-order valence-electron chi connectivity index (χ4n) is 3.28. The van der Waals surface area contributed by atoms with E-state index >= 15 is 0 Å². The maximum Gasteiger partial charge on any atom is 0.161 e. The first-order valence-corrected chi connectivity index (χ1v) is 9.38. The van der Waals surface area contributed by atoms with Crippen molar-refractivity contribution in [1.82, 2.24) is 9.97 Å². The van der Waals surface area contributed by atoms with Gasteiger partial charge in [0.05, 0.1) is 25.8 Å². The highest BCUT2D eigenvalue weighted by Crippen LogP contribution is 2.38. The van der Waals surface area contributed by atoms with Gasteiger partial charge >= 0.3 is 0 Å². The van der Waals surface area contributed by atoms with Crippen LogP contribution in [0, 0.1) is 0 Å². The Kier molecular flexibility index (Phi) is 4.71. The van der Waals surface area contributed by atoms with E-state index in [2.05, 4.69) is 20.5 Å². The van der Waals surface area contributed by atoms with Crippen LogP contribution in [0.3, 0.4) is 0 Å². The molecule has 2 heterocycles. The minimum absolute atomic E-state index is 0.674. The molecular formula is C19H20N4O2S. The molecule has 2 aromatic heterocycles. The van der Waals surface area contributed by atoms with Crippen molar-refractivity contribution < 1.29 is 9.47 Å². The fraction of sp³-hybridized carbons (Fsp3) is 0.316. The zero-order chi connectivity index (χ0) is 17.9. The molecule has 3 aromatic rings. The van der Waals surface area contributed by atoms with Crippen LogP contribution in [0.15, 0.2) is 29.6 Å². The highest BCUT2D eigenvalue weighted by atomic mass is 32.1. The van der Waals surface area contributed by atoms with Crippen molar-refractivity contribution in [1.29, 1.82) is 0 Å². The number of hydrogen-bond acceptors (Lipinski definition) is 7. The smallest absolute Gasteiger partial charge is 0.161 e. The van der Waals surface area contributed by atoms with E-state index in [0.717, 1.165) is 34.4 Å². The molecule has 0 unspecified atom stereocenters. The van der Waals surface area contributed by atoms with Crippen LogP contribution in [0.25, 0.3) is 10.2 Å². The molecule has 6 nitrogen and oxygen atoms in total. The number of thiophene rings is 1. The second kappa shape index (κ2) is 7.29. The molecule has 1 aliphatic carbocycles. The van der Waals surface area contributed by atoms with Gasteiger partial charge in [-0.2, -0.15) is 5.10 Å². The normalized spacial score (nSPS) is 13.8. The Labute approximate surface area is 155 Å². The molecule has 0 saturated carbocycles. The molecule has 1 N–H and O–H groups in total. The first kappa shape index (κ1) is 16.8. The second-order valence-electron chi connectivity index (χ2n) is 6.10. The average Bonchev–Trinajstić information content (AvgIpc) is 3.07. The van der Waals surface area contributed by atoms with Gasteiger partial charge in [-0.05, 0) is 55.0 Å². The summed E-state index contributed by atoms with van der Waals surface area (Å²) in [4.78, 5) is 11.3. The number of fused-ring (bicyclic) bond motifs is 3. The molecule has 0 fully saturated rings. The maximum absolute atomic E-state index is 5.32. The van der Waals surface area contributed by atoms with E-state index < -0.39 is 0 Å². The van der Waals surface area contributed by atoms with E-state index in [0.29, 0.717) is 11.5 Å². The van der Waals surface area contributed by atoms with Gasteiger partial charge in [0.25, 0.3) is 0 Å². The summed E-state index contributed by atoms with van der Waals surface area (Å²) in [6.45, 7) is 0. The summed E-state index contributed by atoms with van der Waals surface area (Å²) in [5.41, 5.74) is 5.39. The molecule has 0 amide bonds. The van der Waals surface area contributed by atoms with E-state index in [1.54, 1.807) is 38.1 Å². The average molecular weight is 368 g/mol. The highest BCUT2D eigenvalue weighted by molar-refractivity contribution is 7.19. The van der Waals surface area contributed by atoms with Gasteiger partial charge in [-0.3, -0.25) is 5.43 Å². The molecule has 4 rings (SSSR count). The Hall–Kier alpha value is -2.67. The van der Waals surface area contributed by atoms with Crippen LogP contribution in [0.4, 0.5) is 5.82 Å². The van der Waals surface area contributed by atoms with Gasteiger partial charge in [-0.25, -0.2) is 9.97 Å². The first-order chi connectivity index (χ1) is 12.8. The summed E-state index contributed by atoms with van der Waals surface area (Å²) in [7, 11) is 3.24. The molecule has 0 aliphatic heterocycles. The second-order valence-corrected chi connectivity index (χ2v) is 7.18. The van der Waals surface area contributed by atoms with Gasteiger partial charge in [0, 0.05) is 4.88 Å². The highest BCUT2D eigenvalue weighted by Gasteiger charge is 2.19. The lowest BCUT2D eigenvalue weighted by molar-refractivity contribution is 0.355. The number of hydrogen-bond donors (Lipinski definition) is 1. The molecule has 0 saturated heterocycles. The SMILES string of the molecule is COc1ccc(/C=N/Nc2ncnc3sc4c(c23)CCCC4)cc1OC. The van der Waals surface area contributed by atoms with Crippen LogP contribution in [-0.2, 0) is 12.8 Å². The number of aryl methyl sites for hydroxylation is 2. The monoisotopic (exact) mass is 368 g/mol. The molecule has 0 spiro atoms. The molecule has 134 valence electrons. The van der Waals surface area contributed by atoms with Gasteiger partial charge in [0.15, 0.2) is 17.3 Å². The van der Waals surface area contributed by atoms with Gasteiger partial charge < -0.3 is 9.47 Å². The Balaban J connectivity index is 1.60. The Morgan fingerprint density at radius 3 is 2.81 bits per heavy atom. The van der Waals surface area contributed by atoms with E-state index in [4.69, 9.17) is 9.47 Å². The molecule has 1 aliphatic rings. The lowest BCUT2D eigenvalue weighted by Gasteiger charge is -2.11. The molecule has 7 heteroatoms. The third-order valence-corrected chi connectivity index (χ3v) is 5.74. The van der Waals surface area contributed by atoms with Gasteiger partial charge in [0.2, 0.25) is 0 Å². The largest absolute Gasteiger partial charge is 0.493 e. The summed E-state index contributed by atoms with van der Waals surface area (Å²) in [6, 6.07) is 5.67. The zero-order valence-corrected chi connectivity index (χ0v) is 15.6. The van der Waals surface area contributed by atoms with E-state index in [9.17, 15) is 0 Å². The molecule has 1 aromatic carbocycles. The molecule has 0 atom stereocenters. The number of rotatable bonds is 5. The first-order valence-electron chi connectivity index (χ1n) is 8.56. The number of anilines is 1. The molecule has 0 radical (unpaired) electrons. The molecule has 26 heavy (non-hydrogen) atoms. The lowest BCUT2D eigenvalue weighted by atomic mass is 9.97. The summed E-state index contributed by atoms with van der Waals surface area (Å²) in [5.74, 6) is 2.14. The number of nitrogens with zero attached hydrogens (tertiary/aromatic N) is 3. The fourth-order valence-corrected chi connectivity index (χ4v) is 4.50. The third-order valence-electron chi connectivity index (χ3n) is 4.54. The lowest BCUT2D eigenvalue weighted by Crippen LogP contribution is -2.01. The third kappa shape index (κ3) is 3.10. The van der Waals surface area contributed by atoms with Crippen LogP contribution in [0.2, 0.25) is 0 Å². The van der Waals surface area contributed by atoms with E-state index in [-0.39, 0.29) is 0 Å². The summed E-state index contributed by atoms with van der Waals surface area (Å²) < 4.78 is 10.6. The van der Waals surface area contributed by atoms with Crippen LogP contribution in [-0.4, -0.2) is 30.4 Å². The molecule has 0 bridgehead atoms. The van der Waals surface area contributed by atoms with Crippen molar-refractivity contribution in [3.05, 3.63) is 40.5 Å². The van der Waals surface area contributed by atoms with Crippen molar-refractivity contribution in [3.63, 3.8) is 0 Å². The van der Waals surface area contributed by atoms with E-state index in [1.165, 1.54) is 23.3 Å². The summed E-state index contributed by atoms with van der Waals surface area (Å²) in [5, 5.41) is 5.49. The van der Waals surface area contributed by atoms with Gasteiger partial charge in [-0.1, -0.05) is 0 Å². The van der Waals surface area contributed by atoms with Crippen LogP contribution in [0.1, 0.15) is 28.8 Å². The number of ether oxygens (including phenoxy) is 2. The topological polar surface area (TPSA) is 68.6 Å². The predicted octanol–water partition coefficient (Wildman–Crippen LogP) is 4.03. The van der Waals surface area contributed by atoms with Crippen LogP contribution >= 0.6 is 11.3 Å². The van der Waals surface area contributed by atoms with Gasteiger partial charge in [0.1, 0.15) is 11.2 Å². The minimum Gasteiger partial charge on any atom is -0.493 e. The Morgan fingerprint density at radius 2 is 1.96 bits per heavy atom. The summed E-state index contributed by atoms with van der Waals surface area (Å²) >= 11 is 1.78. The number of benzene rings is 1. The van der Waals surface area contributed by atoms with Crippen LogP contribution in [0.5, 0.6) is 11.5 Å². The number of nitrogens with one attached hydrogen (secondary N) is 1. The maximum atomic E-state index is 5.32. The standard InChI is InChI=1S/C19H20N4O2S/c1-24-14-8-7-12(9-15(14)25-2)10-22-23-18-17-13-5-3-4-6-16(13)26-19(17)21-11-20-18/h7-11H,3-6H2,1-2H3,(H,20,21,23)/b22-10+. The predicted molar refractivity (Wildman–Crippen MR) is 105 cm³/mol. The number of hydrazone groups is 1. The van der Waals surface area contributed by atoms with Gasteiger partial charge in [-0.15, -0.1) is 11.3 Å². The quantitative estimate of drug-likeness (QED) is 0.544. The molecular weight excluding hydrogens is 348 g/mol. The number of methoxy groups -OCH3 is 2. The zero-order valence-electron chi connectivity index (χ0n) is 14.8. The van der Waals surface area contributed by atoms with Crippen LogP contribution < -0.4 is 14.9 Å². The van der Waals surface area contributed by atoms with Crippen molar-refractivity contribution >= 4 is 33.6 Å². The Morgan fingerprint density at radius 1 is 1.12 bits per heavy atom.